The second-order valence-electron chi connectivity index (χ2n) is 5.21. The first-order valence-electron chi connectivity index (χ1n) is 8.89. The molecule has 0 spiro atoms. The van der Waals surface area contributed by atoms with Crippen LogP contribution in [-0.2, 0) is 28.4 Å². The van der Waals surface area contributed by atoms with Crippen LogP contribution >= 0.6 is 0 Å². The van der Waals surface area contributed by atoms with Crippen molar-refractivity contribution in [3.05, 3.63) is 35.9 Å². The van der Waals surface area contributed by atoms with Gasteiger partial charge in [0.25, 0.3) is 0 Å². The van der Waals surface area contributed by atoms with Crippen molar-refractivity contribution in [2.75, 3.05) is 72.7 Å². The van der Waals surface area contributed by atoms with Gasteiger partial charge in [-0.2, -0.15) is 0 Å². The molecule has 0 heterocycles. The molecule has 0 aliphatic rings. The van der Waals surface area contributed by atoms with E-state index in [0.29, 0.717) is 71.6 Å². The van der Waals surface area contributed by atoms with Crippen molar-refractivity contribution >= 4 is 5.97 Å². The summed E-state index contributed by atoms with van der Waals surface area (Å²) < 4.78 is 31.5. The first-order valence-corrected chi connectivity index (χ1v) is 8.89. The minimum absolute atomic E-state index is 0.213. The summed E-state index contributed by atoms with van der Waals surface area (Å²) in [5.41, 5.74) is 0.531. The van der Waals surface area contributed by atoms with Crippen LogP contribution in [0.5, 0.6) is 0 Å². The number of ether oxygens (including phenoxy) is 6. The Bertz CT molecular complexity index is 513. The maximum atomic E-state index is 11.7. The zero-order valence-electron chi connectivity index (χ0n) is 15.6. The summed E-state index contributed by atoms with van der Waals surface area (Å²) in [6.07, 6.45) is 5.05. The molecule has 0 amide bonds. The molecular formula is C20H28O7. The Morgan fingerprint density at radius 3 is 1.63 bits per heavy atom. The number of benzene rings is 1. The molecule has 7 heteroatoms. The lowest BCUT2D eigenvalue weighted by Gasteiger charge is -2.08. The molecule has 7 nitrogen and oxygen atoms in total. The third kappa shape index (κ3) is 13.9. The van der Waals surface area contributed by atoms with Gasteiger partial charge in [-0.1, -0.05) is 24.1 Å². The van der Waals surface area contributed by atoms with Crippen molar-refractivity contribution in [2.24, 2.45) is 0 Å². The van der Waals surface area contributed by atoms with Gasteiger partial charge in [0.05, 0.1) is 65.0 Å². The van der Waals surface area contributed by atoms with E-state index in [4.69, 9.17) is 34.8 Å². The molecule has 27 heavy (non-hydrogen) atoms. The third-order valence-electron chi connectivity index (χ3n) is 3.14. The van der Waals surface area contributed by atoms with Crippen molar-refractivity contribution in [2.45, 2.75) is 0 Å². The summed E-state index contributed by atoms with van der Waals surface area (Å²) in [7, 11) is 0. The Morgan fingerprint density at radius 1 is 0.704 bits per heavy atom. The Kier molecular flexibility index (Phi) is 14.9. The first kappa shape index (κ1) is 23.1. The van der Waals surface area contributed by atoms with E-state index in [-0.39, 0.29) is 12.6 Å². The molecule has 0 aromatic heterocycles. The van der Waals surface area contributed by atoms with Crippen LogP contribution in [0.1, 0.15) is 10.4 Å². The maximum absolute atomic E-state index is 11.7. The van der Waals surface area contributed by atoms with Crippen LogP contribution in [0, 0.1) is 12.3 Å². The number of hydrogen-bond acceptors (Lipinski definition) is 7. The number of rotatable bonds is 17. The number of carbonyl (C=O) groups excluding carboxylic acids is 1. The van der Waals surface area contributed by atoms with Crippen molar-refractivity contribution < 1.29 is 33.2 Å². The third-order valence-corrected chi connectivity index (χ3v) is 3.14. The Morgan fingerprint density at radius 2 is 1.15 bits per heavy atom. The van der Waals surface area contributed by atoms with E-state index >= 15 is 0 Å². The molecule has 0 fully saturated rings. The number of esters is 1. The maximum Gasteiger partial charge on any atom is 0.338 e. The van der Waals surface area contributed by atoms with E-state index in [1.807, 2.05) is 6.07 Å². The SMILES string of the molecule is C#CCOCCOCCOCCOCCOCCOC(=O)c1ccccc1. The van der Waals surface area contributed by atoms with Gasteiger partial charge in [0.15, 0.2) is 0 Å². The van der Waals surface area contributed by atoms with Gasteiger partial charge >= 0.3 is 5.97 Å². The van der Waals surface area contributed by atoms with Crippen LogP contribution < -0.4 is 0 Å². The predicted molar refractivity (Wildman–Crippen MR) is 99.7 cm³/mol. The Labute approximate surface area is 160 Å². The van der Waals surface area contributed by atoms with Crippen LogP contribution in [0.3, 0.4) is 0 Å². The molecule has 0 bridgehead atoms. The van der Waals surface area contributed by atoms with Gasteiger partial charge < -0.3 is 28.4 Å². The fourth-order valence-corrected chi connectivity index (χ4v) is 1.86. The van der Waals surface area contributed by atoms with Crippen molar-refractivity contribution in [1.29, 1.82) is 0 Å². The minimum atomic E-state index is -0.350. The van der Waals surface area contributed by atoms with E-state index < -0.39 is 0 Å². The van der Waals surface area contributed by atoms with Crippen LogP contribution in [0.25, 0.3) is 0 Å². The molecule has 0 atom stereocenters. The molecule has 1 rings (SSSR count). The van der Waals surface area contributed by atoms with E-state index in [0.717, 1.165) is 0 Å². The monoisotopic (exact) mass is 380 g/mol. The van der Waals surface area contributed by atoms with Gasteiger partial charge in [-0.05, 0) is 12.1 Å². The summed E-state index contributed by atoms with van der Waals surface area (Å²) in [5, 5.41) is 0. The highest BCUT2D eigenvalue weighted by Crippen LogP contribution is 2.00. The van der Waals surface area contributed by atoms with Gasteiger partial charge in [0, 0.05) is 0 Å². The van der Waals surface area contributed by atoms with Crippen LogP contribution in [0.4, 0.5) is 0 Å². The zero-order valence-corrected chi connectivity index (χ0v) is 15.6. The predicted octanol–water partition coefficient (Wildman–Crippen LogP) is 1.56. The molecule has 0 unspecified atom stereocenters. The van der Waals surface area contributed by atoms with Crippen LogP contribution in [-0.4, -0.2) is 78.6 Å². The molecule has 0 radical (unpaired) electrons. The molecule has 0 aliphatic carbocycles. The second kappa shape index (κ2) is 17.5. The molecule has 1 aromatic rings. The average Bonchev–Trinajstić information content (AvgIpc) is 2.70. The Balaban J connectivity index is 1.76. The van der Waals surface area contributed by atoms with Gasteiger partial charge in [0.1, 0.15) is 13.2 Å². The zero-order chi connectivity index (χ0) is 19.4. The van der Waals surface area contributed by atoms with Crippen molar-refractivity contribution in [1.82, 2.24) is 0 Å². The summed E-state index contributed by atoms with van der Waals surface area (Å²) in [5.74, 6) is 2.03. The van der Waals surface area contributed by atoms with E-state index in [2.05, 4.69) is 5.92 Å². The minimum Gasteiger partial charge on any atom is -0.460 e. The lowest BCUT2D eigenvalue weighted by Crippen LogP contribution is -2.15. The Hall–Kier alpha value is -1.95. The van der Waals surface area contributed by atoms with Crippen molar-refractivity contribution in [3.8, 4) is 12.3 Å². The molecule has 0 N–H and O–H groups in total. The number of terminal acetylenes is 1. The van der Waals surface area contributed by atoms with Gasteiger partial charge in [0.2, 0.25) is 0 Å². The summed E-state index contributed by atoms with van der Waals surface area (Å²) in [6, 6.07) is 8.84. The highest BCUT2D eigenvalue weighted by atomic mass is 16.6. The second-order valence-corrected chi connectivity index (χ2v) is 5.21. The molecule has 0 aliphatic heterocycles. The fourth-order valence-electron chi connectivity index (χ4n) is 1.86. The van der Waals surface area contributed by atoms with Crippen molar-refractivity contribution in [3.63, 3.8) is 0 Å². The molecule has 1 aromatic carbocycles. The fraction of sp³-hybridized carbons (Fsp3) is 0.550. The van der Waals surface area contributed by atoms with E-state index in [1.165, 1.54) is 0 Å². The molecular weight excluding hydrogens is 352 g/mol. The standard InChI is InChI=1S/C20H28O7/c1-2-8-22-9-10-23-11-12-24-13-14-25-15-16-26-17-18-27-20(21)19-6-4-3-5-7-19/h1,3-7H,8-18H2. The van der Waals surface area contributed by atoms with Crippen LogP contribution in [0.15, 0.2) is 30.3 Å². The highest BCUT2D eigenvalue weighted by Gasteiger charge is 2.04. The largest absolute Gasteiger partial charge is 0.460 e. The normalized spacial score (nSPS) is 10.5. The van der Waals surface area contributed by atoms with E-state index in [9.17, 15) is 4.79 Å². The van der Waals surface area contributed by atoms with Gasteiger partial charge in [-0.3, -0.25) is 0 Å². The van der Waals surface area contributed by atoms with Gasteiger partial charge in [-0.15, -0.1) is 6.42 Å². The van der Waals surface area contributed by atoms with Gasteiger partial charge in [-0.25, -0.2) is 4.79 Å². The number of carbonyl (C=O) groups is 1. The molecule has 0 saturated carbocycles. The summed E-state index contributed by atoms with van der Waals surface area (Å²) in [6.45, 7) is 4.71. The smallest absolute Gasteiger partial charge is 0.338 e. The first-order chi connectivity index (χ1) is 13.3. The van der Waals surface area contributed by atoms with E-state index in [1.54, 1.807) is 24.3 Å². The summed E-state index contributed by atoms with van der Waals surface area (Å²) >= 11 is 0. The van der Waals surface area contributed by atoms with Crippen LogP contribution in [0.2, 0.25) is 0 Å². The molecule has 0 saturated heterocycles. The quantitative estimate of drug-likeness (QED) is 0.231. The lowest BCUT2D eigenvalue weighted by molar-refractivity contribution is -0.0138. The highest BCUT2D eigenvalue weighted by molar-refractivity contribution is 5.89. The average molecular weight is 380 g/mol. The topological polar surface area (TPSA) is 72.5 Å². The molecule has 150 valence electrons. The summed E-state index contributed by atoms with van der Waals surface area (Å²) in [4.78, 5) is 11.7. The lowest BCUT2D eigenvalue weighted by atomic mass is 10.2. The number of hydrogen-bond donors (Lipinski definition) is 0.